The van der Waals surface area contributed by atoms with E-state index in [1.54, 1.807) is 21.3 Å². The molecule has 0 unspecified atom stereocenters. The third-order valence-electron chi connectivity index (χ3n) is 4.88. The van der Waals surface area contributed by atoms with Gasteiger partial charge in [-0.3, -0.25) is 0 Å². The summed E-state index contributed by atoms with van der Waals surface area (Å²) in [7, 11) is 5.02. The largest absolute Gasteiger partial charge is 1.00 e. The van der Waals surface area contributed by atoms with Gasteiger partial charge in [0.05, 0.1) is 21.3 Å². The summed E-state index contributed by atoms with van der Waals surface area (Å²) < 4.78 is 18.7. The van der Waals surface area contributed by atoms with Crippen molar-refractivity contribution in [2.75, 3.05) is 21.3 Å². The molecule has 0 aliphatic carbocycles. The zero-order valence-corrected chi connectivity index (χ0v) is 17.7. The smallest absolute Gasteiger partial charge is 0.174 e. The number of hydrogen-bond acceptors (Lipinski definition) is 3. The first-order valence-corrected chi connectivity index (χ1v) is 8.83. The number of methoxy groups -OCH3 is 3. The molecule has 4 nitrogen and oxygen atoms in total. The van der Waals surface area contributed by atoms with E-state index >= 15 is 0 Å². The molecular weight excluding hydrogens is 418 g/mol. The molecule has 144 valence electrons. The number of rotatable bonds is 5. The van der Waals surface area contributed by atoms with Gasteiger partial charge in [-0.25, -0.2) is 4.57 Å². The second-order valence-electron chi connectivity index (χ2n) is 6.42. The van der Waals surface area contributed by atoms with Gasteiger partial charge in [-0.05, 0) is 51.9 Å². The van der Waals surface area contributed by atoms with Gasteiger partial charge in [0.25, 0.3) is 0 Å². The Bertz CT molecular complexity index is 1110. The van der Waals surface area contributed by atoms with Crippen LogP contribution in [0.5, 0.6) is 17.2 Å². The minimum absolute atomic E-state index is 0. The van der Waals surface area contributed by atoms with Crippen LogP contribution in [0.3, 0.4) is 0 Å². The molecule has 0 bridgehead atoms. The lowest BCUT2D eigenvalue weighted by Crippen LogP contribution is -3.00. The molecule has 1 heterocycles. The first-order chi connectivity index (χ1) is 13.2. The van der Waals surface area contributed by atoms with Crippen LogP contribution >= 0.6 is 0 Å². The quantitative estimate of drug-likeness (QED) is 0.347. The number of hydrogen-bond donors (Lipinski definition) is 0. The molecule has 0 aliphatic rings. The topological polar surface area (TPSA) is 31.6 Å². The standard InChI is InChI=1S/C23H22NO3.BrH/c1-25-18-8-7-16-11-17(15-24-9-5-4-6-10-24)20-13-22(26-2)23(27-3)14-21(20)19(16)12-18;/h4-14H,15H2,1-3H3;1H/q+1;/p-1. The monoisotopic (exact) mass is 439 g/mol. The molecule has 0 N–H and O–H groups in total. The van der Waals surface area contributed by atoms with Gasteiger partial charge in [-0.1, -0.05) is 12.1 Å². The summed E-state index contributed by atoms with van der Waals surface area (Å²) in [6.07, 6.45) is 4.15. The molecule has 0 amide bonds. The molecule has 5 heteroatoms. The van der Waals surface area contributed by atoms with Crippen molar-refractivity contribution in [2.45, 2.75) is 6.54 Å². The van der Waals surface area contributed by atoms with Gasteiger partial charge in [-0.15, -0.1) is 0 Å². The highest BCUT2D eigenvalue weighted by Gasteiger charge is 2.15. The van der Waals surface area contributed by atoms with E-state index in [-0.39, 0.29) is 17.0 Å². The van der Waals surface area contributed by atoms with Crippen molar-refractivity contribution in [1.29, 1.82) is 0 Å². The molecule has 0 saturated heterocycles. The highest BCUT2D eigenvalue weighted by Crippen LogP contribution is 2.38. The molecule has 0 atom stereocenters. The molecule has 0 fully saturated rings. The van der Waals surface area contributed by atoms with Crippen LogP contribution in [0.2, 0.25) is 0 Å². The van der Waals surface area contributed by atoms with Gasteiger partial charge in [-0.2, -0.15) is 0 Å². The number of aromatic nitrogens is 1. The zero-order chi connectivity index (χ0) is 18.8. The summed E-state index contributed by atoms with van der Waals surface area (Å²) >= 11 is 0. The molecular formula is C23H22BrNO3. The van der Waals surface area contributed by atoms with E-state index in [2.05, 4.69) is 47.3 Å². The second kappa shape index (κ2) is 8.48. The lowest BCUT2D eigenvalue weighted by Gasteiger charge is -2.14. The fraction of sp³-hybridized carbons (Fsp3) is 0.174. The molecule has 3 aromatic carbocycles. The van der Waals surface area contributed by atoms with Crippen molar-refractivity contribution in [3.8, 4) is 17.2 Å². The number of pyridine rings is 1. The van der Waals surface area contributed by atoms with Crippen LogP contribution in [0.4, 0.5) is 0 Å². The maximum Gasteiger partial charge on any atom is 0.174 e. The van der Waals surface area contributed by atoms with Gasteiger partial charge in [0.2, 0.25) is 0 Å². The van der Waals surface area contributed by atoms with E-state index in [0.717, 1.165) is 40.0 Å². The first-order valence-electron chi connectivity index (χ1n) is 8.83. The number of nitrogens with zero attached hydrogens (tertiary/aromatic N) is 1. The van der Waals surface area contributed by atoms with E-state index in [0.29, 0.717) is 0 Å². The Morgan fingerprint density at radius 1 is 0.714 bits per heavy atom. The Kier molecular flexibility index (Phi) is 6.05. The predicted octanol–water partition coefficient (Wildman–Crippen LogP) is 1.36. The van der Waals surface area contributed by atoms with Crippen molar-refractivity contribution in [3.63, 3.8) is 0 Å². The highest BCUT2D eigenvalue weighted by atomic mass is 79.9. The summed E-state index contributed by atoms with van der Waals surface area (Å²) in [5, 5.41) is 4.56. The molecule has 0 spiro atoms. The van der Waals surface area contributed by atoms with E-state index in [1.165, 1.54) is 10.9 Å². The number of halogens is 1. The van der Waals surface area contributed by atoms with Crippen LogP contribution in [0.1, 0.15) is 5.56 Å². The normalized spacial score (nSPS) is 10.5. The SMILES string of the molecule is COc1ccc2cc(C[n+]3ccccc3)c3cc(OC)c(OC)cc3c2c1.[Br-]. The zero-order valence-electron chi connectivity index (χ0n) is 16.1. The van der Waals surface area contributed by atoms with Crippen molar-refractivity contribution < 1.29 is 35.8 Å². The summed E-state index contributed by atoms with van der Waals surface area (Å²) in [6.45, 7) is 0.773. The van der Waals surface area contributed by atoms with Crippen LogP contribution in [0, 0.1) is 0 Å². The third-order valence-corrected chi connectivity index (χ3v) is 4.88. The first kappa shape index (κ1) is 20.0. The molecule has 1 aromatic heterocycles. The van der Waals surface area contributed by atoms with Crippen LogP contribution in [-0.4, -0.2) is 21.3 Å². The number of fused-ring (bicyclic) bond motifs is 3. The van der Waals surface area contributed by atoms with E-state index in [4.69, 9.17) is 14.2 Å². The Hall–Kier alpha value is -2.79. The molecule has 4 rings (SSSR count). The summed E-state index contributed by atoms with van der Waals surface area (Å²) in [4.78, 5) is 0. The van der Waals surface area contributed by atoms with Gasteiger partial charge in [0, 0.05) is 17.7 Å². The van der Waals surface area contributed by atoms with E-state index in [1.807, 2.05) is 24.3 Å². The van der Waals surface area contributed by atoms with Crippen molar-refractivity contribution in [3.05, 3.63) is 72.6 Å². The lowest BCUT2D eigenvalue weighted by atomic mass is 9.96. The van der Waals surface area contributed by atoms with Crippen LogP contribution in [-0.2, 0) is 6.54 Å². The van der Waals surface area contributed by atoms with E-state index < -0.39 is 0 Å². The fourth-order valence-corrected chi connectivity index (χ4v) is 3.52. The summed E-state index contributed by atoms with van der Waals surface area (Å²) in [5.74, 6) is 2.29. The third kappa shape index (κ3) is 3.62. The molecule has 0 aliphatic heterocycles. The highest BCUT2D eigenvalue weighted by molar-refractivity contribution is 6.10. The average molecular weight is 440 g/mol. The minimum Gasteiger partial charge on any atom is -1.00 e. The fourth-order valence-electron chi connectivity index (χ4n) is 3.52. The second-order valence-corrected chi connectivity index (χ2v) is 6.42. The van der Waals surface area contributed by atoms with Crippen LogP contribution in [0.25, 0.3) is 21.5 Å². The lowest BCUT2D eigenvalue weighted by molar-refractivity contribution is -0.688. The Morgan fingerprint density at radius 2 is 1.39 bits per heavy atom. The van der Waals surface area contributed by atoms with Gasteiger partial charge < -0.3 is 31.2 Å². The van der Waals surface area contributed by atoms with Crippen LogP contribution < -0.4 is 35.8 Å². The Morgan fingerprint density at radius 3 is 2.04 bits per heavy atom. The summed E-state index contributed by atoms with van der Waals surface area (Å²) in [6, 6.07) is 18.6. The summed E-state index contributed by atoms with van der Waals surface area (Å²) in [5.41, 5.74) is 1.22. The average Bonchev–Trinajstić information content (AvgIpc) is 2.73. The van der Waals surface area contributed by atoms with Crippen LogP contribution in [0.15, 0.2) is 67.0 Å². The van der Waals surface area contributed by atoms with Crippen molar-refractivity contribution in [2.24, 2.45) is 0 Å². The van der Waals surface area contributed by atoms with Gasteiger partial charge in [0.15, 0.2) is 30.4 Å². The van der Waals surface area contributed by atoms with Crippen molar-refractivity contribution in [1.82, 2.24) is 0 Å². The Labute approximate surface area is 175 Å². The predicted molar refractivity (Wildman–Crippen MR) is 107 cm³/mol. The maximum atomic E-state index is 5.55. The maximum absolute atomic E-state index is 5.55. The Balaban J connectivity index is 0.00000225. The molecule has 4 aromatic rings. The number of ether oxygens (including phenoxy) is 3. The number of benzene rings is 3. The van der Waals surface area contributed by atoms with E-state index in [9.17, 15) is 0 Å². The minimum atomic E-state index is 0. The molecule has 0 radical (unpaired) electrons. The molecule has 0 saturated carbocycles. The van der Waals surface area contributed by atoms with Gasteiger partial charge >= 0.3 is 0 Å². The van der Waals surface area contributed by atoms with Gasteiger partial charge in [0.1, 0.15) is 5.75 Å². The molecule has 28 heavy (non-hydrogen) atoms. The van der Waals surface area contributed by atoms with Crippen molar-refractivity contribution >= 4 is 21.5 Å².